The molecule has 2 aliphatic heterocycles. The summed E-state index contributed by atoms with van der Waals surface area (Å²) in [5.41, 5.74) is 1.27. The summed E-state index contributed by atoms with van der Waals surface area (Å²) in [6, 6.07) is 0. The van der Waals surface area contributed by atoms with E-state index in [1.165, 1.54) is 6.08 Å². The molecule has 27 heavy (non-hydrogen) atoms. The molecule has 2 aliphatic rings. The zero-order chi connectivity index (χ0) is 19.8. The number of nitrogens with zero attached hydrogens (tertiary/aromatic N) is 2. The summed E-state index contributed by atoms with van der Waals surface area (Å²) in [4.78, 5) is 31.4. The van der Waals surface area contributed by atoms with Gasteiger partial charge < -0.3 is 9.57 Å². The summed E-state index contributed by atoms with van der Waals surface area (Å²) in [5, 5.41) is 3.99. The van der Waals surface area contributed by atoms with Crippen molar-refractivity contribution in [3.05, 3.63) is 72.6 Å². The Kier molecular flexibility index (Phi) is 7.11. The molecular formula is C21H24N2O4. The van der Waals surface area contributed by atoms with Crippen LogP contribution in [0.1, 0.15) is 20.3 Å². The maximum Gasteiger partial charge on any atom is 0.261 e. The van der Waals surface area contributed by atoms with E-state index in [0.29, 0.717) is 29.0 Å². The zero-order valence-corrected chi connectivity index (χ0v) is 15.7. The first-order valence-corrected chi connectivity index (χ1v) is 8.70. The minimum atomic E-state index is -0.368. The third-order valence-corrected chi connectivity index (χ3v) is 3.95. The van der Waals surface area contributed by atoms with Crippen molar-refractivity contribution >= 4 is 17.5 Å². The van der Waals surface area contributed by atoms with Gasteiger partial charge in [0.15, 0.2) is 6.10 Å². The highest BCUT2D eigenvalue weighted by Crippen LogP contribution is 2.24. The Morgan fingerprint density at radius 3 is 2.67 bits per heavy atom. The molecule has 6 heteroatoms. The van der Waals surface area contributed by atoms with E-state index in [2.05, 4.69) is 18.3 Å². The standard InChI is InChI=1S/C21H24N2O4/c1-5-8-9-11-15(4)26-14-17-12-16(22-27-17)13-23-20(24)18(7-3)19(10-6-2)21(23)25/h5-11,17H,3-4,12-14H2,1-2H3/b8-5-,10-6-,11-9-. The summed E-state index contributed by atoms with van der Waals surface area (Å²) in [6.45, 7) is 11.5. The van der Waals surface area contributed by atoms with Gasteiger partial charge in [0.25, 0.3) is 11.8 Å². The van der Waals surface area contributed by atoms with Crippen LogP contribution in [-0.4, -0.2) is 41.7 Å². The minimum absolute atomic E-state index is 0.0920. The monoisotopic (exact) mass is 368 g/mol. The zero-order valence-electron chi connectivity index (χ0n) is 15.7. The number of amides is 2. The van der Waals surface area contributed by atoms with Gasteiger partial charge in [-0.05, 0) is 19.9 Å². The van der Waals surface area contributed by atoms with Gasteiger partial charge in [-0.2, -0.15) is 0 Å². The van der Waals surface area contributed by atoms with Gasteiger partial charge in [-0.1, -0.05) is 54.8 Å². The van der Waals surface area contributed by atoms with Crippen LogP contribution >= 0.6 is 0 Å². The van der Waals surface area contributed by atoms with Crippen molar-refractivity contribution in [1.82, 2.24) is 4.90 Å². The highest BCUT2D eigenvalue weighted by Gasteiger charge is 2.37. The van der Waals surface area contributed by atoms with E-state index in [1.807, 2.05) is 25.2 Å². The van der Waals surface area contributed by atoms with Crippen molar-refractivity contribution in [2.24, 2.45) is 5.16 Å². The molecular weight excluding hydrogens is 344 g/mol. The van der Waals surface area contributed by atoms with Crippen LogP contribution in [0, 0.1) is 0 Å². The third-order valence-electron chi connectivity index (χ3n) is 3.95. The first-order chi connectivity index (χ1) is 13.0. The molecule has 0 aromatic heterocycles. The lowest BCUT2D eigenvalue weighted by Crippen LogP contribution is -2.36. The summed E-state index contributed by atoms with van der Waals surface area (Å²) < 4.78 is 5.52. The van der Waals surface area contributed by atoms with Crippen molar-refractivity contribution in [2.45, 2.75) is 26.4 Å². The van der Waals surface area contributed by atoms with Crippen molar-refractivity contribution in [3.8, 4) is 0 Å². The van der Waals surface area contributed by atoms with Gasteiger partial charge in [0.2, 0.25) is 0 Å². The molecule has 1 atom stereocenters. The smallest absolute Gasteiger partial charge is 0.261 e. The fourth-order valence-electron chi connectivity index (χ4n) is 2.66. The van der Waals surface area contributed by atoms with Gasteiger partial charge in [0.05, 0.1) is 23.4 Å². The molecule has 0 radical (unpaired) electrons. The maximum absolute atomic E-state index is 12.5. The van der Waals surface area contributed by atoms with E-state index < -0.39 is 0 Å². The first kappa shape index (κ1) is 20.2. The van der Waals surface area contributed by atoms with Crippen molar-refractivity contribution in [1.29, 1.82) is 0 Å². The number of oxime groups is 1. The number of carbonyl (C=O) groups is 2. The molecule has 0 bridgehead atoms. The first-order valence-electron chi connectivity index (χ1n) is 8.70. The SMILES string of the molecule is C=CC1=C(/C=C\C)C(=O)N(CC2=NOC(COC(=C)/C=C\C=C/C)C2)C1=O. The van der Waals surface area contributed by atoms with Crippen molar-refractivity contribution in [3.63, 3.8) is 0 Å². The fourth-order valence-corrected chi connectivity index (χ4v) is 2.66. The van der Waals surface area contributed by atoms with E-state index in [1.54, 1.807) is 25.2 Å². The largest absolute Gasteiger partial charge is 0.490 e. The number of allylic oxidation sites excluding steroid dienone is 5. The van der Waals surface area contributed by atoms with Crippen molar-refractivity contribution < 1.29 is 19.2 Å². The minimum Gasteiger partial charge on any atom is -0.490 e. The number of carbonyl (C=O) groups excluding carboxylic acids is 2. The molecule has 0 N–H and O–H groups in total. The highest BCUT2D eigenvalue weighted by molar-refractivity contribution is 6.23. The predicted octanol–water partition coefficient (Wildman–Crippen LogP) is 3.22. The summed E-state index contributed by atoms with van der Waals surface area (Å²) in [7, 11) is 0. The van der Waals surface area contributed by atoms with Gasteiger partial charge in [-0.15, -0.1) is 0 Å². The fraction of sp³-hybridized carbons (Fsp3) is 0.286. The molecule has 2 amide bonds. The van der Waals surface area contributed by atoms with E-state index >= 15 is 0 Å². The summed E-state index contributed by atoms with van der Waals surface area (Å²) in [5.74, 6) is -0.197. The third kappa shape index (κ3) is 4.94. The summed E-state index contributed by atoms with van der Waals surface area (Å²) in [6.07, 6.45) is 12.3. The Hall–Kier alpha value is -3.15. The van der Waals surface area contributed by atoms with E-state index in [9.17, 15) is 9.59 Å². The Morgan fingerprint density at radius 1 is 1.26 bits per heavy atom. The average Bonchev–Trinajstić information content (AvgIpc) is 3.19. The molecule has 0 spiro atoms. The van der Waals surface area contributed by atoms with Crippen LogP contribution in [0.25, 0.3) is 0 Å². The van der Waals surface area contributed by atoms with Gasteiger partial charge >= 0.3 is 0 Å². The van der Waals surface area contributed by atoms with Crippen molar-refractivity contribution in [2.75, 3.05) is 13.2 Å². The second kappa shape index (κ2) is 9.52. The number of imide groups is 1. The predicted molar refractivity (Wildman–Crippen MR) is 105 cm³/mol. The quantitative estimate of drug-likeness (QED) is 0.356. The lowest BCUT2D eigenvalue weighted by atomic mass is 10.1. The number of rotatable bonds is 9. The van der Waals surface area contributed by atoms with Crippen LogP contribution in [0.2, 0.25) is 0 Å². The Bertz CT molecular complexity index is 784. The van der Waals surface area contributed by atoms with E-state index in [0.717, 1.165) is 4.90 Å². The Morgan fingerprint density at radius 2 is 2.00 bits per heavy atom. The molecule has 0 aromatic rings. The van der Waals surface area contributed by atoms with E-state index in [-0.39, 0.29) is 31.1 Å². The number of hydrogen-bond acceptors (Lipinski definition) is 5. The molecule has 0 aromatic carbocycles. The lowest BCUT2D eigenvalue weighted by molar-refractivity contribution is -0.136. The van der Waals surface area contributed by atoms with Crippen LogP contribution in [0.15, 0.2) is 77.8 Å². The lowest BCUT2D eigenvalue weighted by Gasteiger charge is -2.14. The topological polar surface area (TPSA) is 68.2 Å². The molecule has 0 aliphatic carbocycles. The van der Waals surface area contributed by atoms with Gasteiger partial charge in [0.1, 0.15) is 12.4 Å². The van der Waals surface area contributed by atoms with Gasteiger partial charge in [-0.25, -0.2) is 0 Å². The second-order valence-electron chi connectivity index (χ2n) is 5.98. The molecule has 0 saturated carbocycles. The van der Waals surface area contributed by atoms with Crippen LogP contribution in [-0.2, 0) is 19.2 Å². The Balaban J connectivity index is 1.88. The second-order valence-corrected chi connectivity index (χ2v) is 5.98. The van der Waals surface area contributed by atoms with E-state index in [4.69, 9.17) is 9.57 Å². The van der Waals surface area contributed by atoms with Crippen LogP contribution in [0.3, 0.4) is 0 Å². The molecule has 6 nitrogen and oxygen atoms in total. The average molecular weight is 368 g/mol. The number of ether oxygens (including phenoxy) is 1. The van der Waals surface area contributed by atoms with Crippen LogP contribution in [0.4, 0.5) is 0 Å². The maximum atomic E-state index is 12.5. The van der Waals surface area contributed by atoms with Gasteiger partial charge in [-0.3, -0.25) is 14.5 Å². The molecule has 0 fully saturated rings. The van der Waals surface area contributed by atoms with Gasteiger partial charge in [0, 0.05) is 6.42 Å². The van der Waals surface area contributed by atoms with Crippen LogP contribution < -0.4 is 0 Å². The molecule has 0 saturated heterocycles. The number of hydrogen-bond donors (Lipinski definition) is 0. The molecule has 2 heterocycles. The molecule has 2 rings (SSSR count). The highest BCUT2D eigenvalue weighted by atomic mass is 16.7. The normalized spacial score (nSPS) is 20.3. The molecule has 1 unspecified atom stereocenters. The summed E-state index contributed by atoms with van der Waals surface area (Å²) >= 11 is 0. The Labute approximate surface area is 159 Å². The molecule has 142 valence electrons. The van der Waals surface area contributed by atoms with Crippen LogP contribution in [0.5, 0.6) is 0 Å².